The molecule has 1 aliphatic rings. The molecule has 0 amide bonds. The number of nitrogens with zero attached hydrogens (tertiary/aromatic N) is 3. The van der Waals surface area contributed by atoms with Gasteiger partial charge in [0.25, 0.3) is 10.0 Å². The summed E-state index contributed by atoms with van der Waals surface area (Å²) in [5.41, 5.74) is 1.98. The van der Waals surface area contributed by atoms with Crippen LogP contribution in [0.15, 0.2) is 65.8 Å². The summed E-state index contributed by atoms with van der Waals surface area (Å²) >= 11 is 5.98. The van der Waals surface area contributed by atoms with Crippen LogP contribution in [-0.4, -0.2) is 29.4 Å². The normalized spacial score (nSPS) is 14.7. The van der Waals surface area contributed by atoms with Crippen LogP contribution in [-0.2, 0) is 10.0 Å². The van der Waals surface area contributed by atoms with Gasteiger partial charge in [-0.15, -0.1) is 0 Å². The molecule has 0 saturated heterocycles. The van der Waals surface area contributed by atoms with Crippen molar-refractivity contribution in [3.05, 3.63) is 71.8 Å². The van der Waals surface area contributed by atoms with Crippen molar-refractivity contribution in [1.29, 1.82) is 0 Å². The minimum absolute atomic E-state index is 0.0347. The maximum Gasteiger partial charge on any atom is 0.264 e. The highest BCUT2D eigenvalue weighted by molar-refractivity contribution is 7.92. The number of rotatable bonds is 6. The fourth-order valence-electron chi connectivity index (χ4n) is 4.23. The lowest BCUT2D eigenvalue weighted by atomic mass is 9.96. The van der Waals surface area contributed by atoms with Gasteiger partial charge in [0, 0.05) is 29.4 Å². The number of aromatic nitrogens is 3. The monoisotopic (exact) mass is 511 g/mol. The lowest BCUT2D eigenvalue weighted by molar-refractivity contribution is 0.461. The molecule has 0 aliphatic heterocycles. The highest BCUT2D eigenvalue weighted by Gasteiger charge is 2.20. The number of sulfonamides is 1. The minimum atomic E-state index is -4.09. The Hall–Kier alpha value is -3.30. The first kappa shape index (κ1) is 23.4. The summed E-state index contributed by atoms with van der Waals surface area (Å²) in [4.78, 5) is 12.9. The second-order valence-electron chi connectivity index (χ2n) is 8.54. The number of fused-ring (bicyclic) bond motifs is 1. The SMILES string of the molecule is O=S(=O)(Nc1ncc(-c2ccc3nc(NC4CCCCC4)ncc3c2)cc1F)c1ccccc1Cl. The molecular formula is C25H23ClFN5O2S. The van der Waals surface area contributed by atoms with Gasteiger partial charge < -0.3 is 5.32 Å². The molecule has 2 N–H and O–H groups in total. The number of halogens is 2. The molecule has 10 heteroatoms. The number of nitrogens with one attached hydrogen (secondary N) is 2. The summed E-state index contributed by atoms with van der Waals surface area (Å²) in [5, 5.41) is 4.26. The maximum absolute atomic E-state index is 14.8. The number of anilines is 2. The standard InChI is InChI=1S/C25H23ClFN5O2S/c26-20-8-4-5-9-23(20)35(33,34)32-24-21(27)13-17(14-28-24)16-10-11-22-18(12-16)15-29-25(31-22)30-19-6-2-1-3-7-19/h4-5,8-15,19H,1-3,6-7H2,(H,28,32)(H,29,30,31). The molecule has 0 bridgehead atoms. The zero-order chi connectivity index (χ0) is 24.4. The molecule has 2 heterocycles. The molecule has 2 aromatic carbocycles. The van der Waals surface area contributed by atoms with Gasteiger partial charge in [0.1, 0.15) is 4.90 Å². The van der Waals surface area contributed by atoms with Crippen LogP contribution in [0.4, 0.5) is 16.2 Å². The third-order valence-electron chi connectivity index (χ3n) is 6.05. The van der Waals surface area contributed by atoms with E-state index in [2.05, 4.69) is 25.0 Å². The van der Waals surface area contributed by atoms with Crippen molar-refractivity contribution in [2.75, 3.05) is 10.0 Å². The van der Waals surface area contributed by atoms with Gasteiger partial charge in [0.2, 0.25) is 5.95 Å². The van der Waals surface area contributed by atoms with E-state index in [0.717, 1.165) is 23.7 Å². The first-order valence-electron chi connectivity index (χ1n) is 11.4. The van der Waals surface area contributed by atoms with Crippen molar-refractivity contribution >= 4 is 44.3 Å². The Morgan fingerprint density at radius 2 is 1.74 bits per heavy atom. The molecule has 0 radical (unpaired) electrons. The van der Waals surface area contributed by atoms with E-state index >= 15 is 0 Å². The Morgan fingerprint density at radius 3 is 2.51 bits per heavy atom. The third kappa shape index (κ3) is 5.21. The Balaban J connectivity index is 1.36. The zero-order valence-corrected chi connectivity index (χ0v) is 20.3. The molecule has 35 heavy (non-hydrogen) atoms. The fourth-order valence-corrected chi connectivity index (χ4v) is 5.77. The topological polar surface area (TPSA) is 96.9 Å². The molecule has 1 saturated carbocycles. The van der Waals surface area contributed by atoms with Crippen LogP contribution in [0.2, 0.25) is 5.02 Å². The van der Waals surface area contributed by atoms with E-state index in [-0.39, 0.29) is 9.92 Å². The lowest BCUT2D eigenvalue weighted by Crippen LogP contribution is -2.23. The second-order valence-corrected chi connectivity index (χ2v) is 10.6. The van der Waals surface area contributed by atoms with Crippen molar-refractivity contribution in [3.63, 3.8) is 0 Å². The highest BCUT2D eigenvalue weighted by Crippen LogP contribution is 2.28. The van der Waals surface area contributed by atoms with Gasteiger partial charge in [-0.25, -0.2) is 27.8 Å². The minimum Gasteiger partial charge on any atom is -0.351 e. The first-order chi connectivity index (χ1) is 16.9. The van der Waals surface area contributed by atoms with E-state index in [1.54, 1.807) is 12.3 Å². The Morgan fingerprint density at radius 1 is 0.943 bits per heavy atom. The maximum atomic E-state index is 14.8. The average Bonchev–Trinajstić information content (AvgIpc) is 2.85. The van der Waals surface area contributed by atoms with Crippen molar-refractivity contribution in [3.8, 4) is 11.1 Å². The molecule has 0 unspecified atom stereocenters. The Kier molecular flexibility index (Phi) is 6.53. The van der Waals surface area contributed by atoms with Gasteiger partial charge in [0.15, 0.2) is 11.6 Å². The van der Waals surface area contributed by atoms with Crippen molar-refractivity contribution in [2.45, 2.75) is 43.0 Å². The number of hydrogen-bond acceptors (Lipinski definition) is 6. The van der Waals surface area contributed by atoms with Gasteiger partial charge in [-0.05, 0) is 48.7 Å². The van der Waals surface area contributed by atoms with Crippen LogP contribution < -0.4 is 10.0 Å². The van der Waals surface area contributed by atoms with E-state index in [4.69, 9.17) is 11.6 Å². The summed E-state index contributed by atoms with van der Waals surface area (Å²) in [7, 11) is -4.09. The van der Waals surface area contributed by atoms with E-state index in [1.165, 1.54) is 49.7 Å². The Labute approximate surface area is 207 Å². The van der Waals surface area contributed by atoms with Crippen LogP contribution in [0.5, 0.6) is 0 Å². The summed E-state index contributed by atoms with van der Waals surface area (Å²) in [6.45, 7) is 0. The van der Waals surface area contributed by atoms with Crippen molar-refractivity contribution in [1.82, 2.24) is 15.0 Å². The van der Waals surface area contributed by atoms with Gasteiger partial charge >= 0.3 is 0 Å². The smallest absolute Gasteiger partial charge is 0.264 e. The van der Waals surface area contributed by atoms with Gasteiger partial charge in [0.05, 0.1) is 10.5 Å². The summed E-state index contributed by atoms with van der Waals surface area (Å²) in [6.07, 6.45) is 9.14. The van der Waals surface area contributed by atoms with Crippen LogP contribution in [0.25, 0.3) is 22.0 Å². The van der Waals surface area contributed by atoms with Crippen LogP contribution in [0.3, 0.4) is 0 Å². The molecular weight excluding hydrogens is 489 g/mol. The molecule has 0 atom stereocenters. The quantitative estimate of drug-likeness (QED) is 0.328. The number of benzene rings is 2. The molecule has 5 rings (SSSR count). The van der Waals surface area contributed by atoms with Crippen LogP contribution in [0, 0.1) is 5.82 Å². The predicted octanol–water partition coefficient (Wildman–Crippen LogP) is 6.03. The largest absolute Gasteiger partial charge is 0.351 e. The van der Waals surface area contributed by atoms with E-state index in [0.29, 0.717) is 23.1 Å². The Bertz CT molecular complexity index is 1490. The lowest BCUT2D eigenvalue weighted by Gasteiger charge is -2.22. The molecule has 180 valence electrons. The highest BCUT2D eigenvalue weighted by atomic mass is 35.5. The van der Waals surface area contributed by atoms with Crippen molar-refractivity contribution < 1.29 is 12.8 Å². The van der Waals surface area contributed by atoms with E-state index in [9.17, 15) is 12.8 Å². The van der Waals surface area contributed by atoms with E-state index < -0.39 is 21.7 Å². The molecule has 0 spiro atoms. The molecule has 4 aromatic rings. The third-order valence-corrected chi connectivity index (χ3v) is 7.89. The average molecular weight is 512 g/mol. The predicted molar refractivity (Wildman–Crippen MR) is 135 cm³/mol. The second kappa shape index (κ2) is 9.75. The number of hydrogen-bond donors (Lipinski definition) is 2. The van der Waals surface area contributed by atoms with Gasteiger partial charge in [-0.1, -0.05) is 49.1 Å². The van der Waals surface area contributed by atoms with Crippen LogP contribution in [0.1, 0.15) is 32.1 Å². The van der Waals surface area contributed by atoms with Crippen molar-refractivity contribution in [2.24, 2.45) is 0 Å². The van der Waals surface area contributed by atoms with E-state index in [1.807, 2.05) is 18.2 Å². The zero-order valence-electron chi connectivity index (χ0n) is 18.7. The summed E-state index contributed by atoms with van der Waals surface area (Å²) in [5.74, 6) is -0.599. The summed E-state index contributed by atoms with van der Waals surface area (Å²) < 4.78 is 42.2. The van der Waals surface area contributed by atoms with Crippen LogP contribution >= 0.6 is 11.6 Å². The molecule has 2 aromatic heterocycles. The summed E-state index contributed by atoms with van der Waals surface area (Å²) in [6, 6.07) is 13.1. The molecule has 1 fully saturated rings. The molecule has 7 nitrogen and oxygen atoms in total. The first-order valence-corrected chi connectivity index (χ1v) is 13.2. The van der Waals surface area contributed by atoms with Gasteiger partial charge in [-0.3, -0.25) is 4.72 Å². The van der Waals surface area contributed by atoms with Gasteiger partial charge in [-0.2, -0.15) is 0 Å². The fraction of sp³-hybridized carbons (Fsp3) is 0.240. The number of pyridine rings is 1. The molecule has 1 aliphatic carbocycles.